The van der Waals surface area contributed by atoms with E-state index < -0.39 is 0 Å². The Hall–Kier alpha value is -2.54. The molecule has 0 N–H and O–H groups in total. The highest BCUT2D eigenvalue weighted by atomic mass is 32.2. The third-order valence-corrected chi connectivity index (χ3v) is 4.76. The molecule has 0 aliphatic heterocycles. The maximum atomic E-state index is 12.1. The number of benzene rings is 1. The lowest BCUT2D eigenvalue weighted by Gasteiger charge is -2.11. The second-order valence-corrected chi connectivity index (χ2v) is 6.66. The Morgan fingerprint density at radius 2 is 2.08 bits per heavy atom. The fraction of sp³-hybridized carbons (Fsp3) is 0.278. The Balaban J connectivity index is 1.76. The summed E-state index contributed by atoms with van der Waals surface area (Å²) in [5.74, 6) is 2.15. The van der Waals surface area contributed by atoms with Crippen molar-refractivity contribution < 1.29 is 9.21 Å². The van der Waals surface area contributed by atoms with Crippen molar-refractivity contribution in [2.45, 2.75) is 24.4 Å². The molecule has 0 unspecified atom stereocenters. The summed E-state index contributed by atoms with van der Waals surface area (Å²) in [4.78, 5) is 13.7. The van der Waals surface area contributed by atoms with Crippen molar-refractivity contribution >= 4 is 17.7 Å². The van der Waals surface area contributed by atoms with E-state index in [2.05, 4.69) is 17.1 Å². The maximum absolute atomic E-state index is 12.1. The minimum atomic E-state index is 0.00341. The molecule has 7 heteroatoms. The number of amides is 1. The second kappa shape index (κ2) is 7.57. The van der Waals surface area contributed by atoms with Crippen LogP contribution in [0.3, 0.4) is 0 Å². The average molecular weight is 356 g/mol. The molecule has 0 bridgehead atoms. The molecule has 2 aromatic heterocycles. The molecule has 3 aromatic rings. The zero-order valence-electron chi connectivity index (χ0n) is 14.5. The van der Waals surface area contributed by atoms with Crippen molar-refractivity contribution in [3.63, 3.8) is 0 Å². The molecule has 1 amide bonds. The Labute approximate surface area is 150 Å². The predicted octanol–water partition coefficient (Wildman–Crippen LogP) is 3.55. The van der Waals surface area contributed by atoms with Crippen LogP contribution in [-0.2, 0) is 12.3 Å². The van der Waals surface area contributed by atoms with Gasteiger partial charge in [0.15, 0.2) is 16.7 Å². The number of carbonyl (C=O) groups excluding carboxylic acids is 1. The lowest BCUT2D eigenvalue weighted by atomic mass is 10.1. The molecule has 0 aliphatic rings. The van der Waals surface area contributed by atoms with Gasteiger partial charge in [-0.3, -0.25) is 9.36 Å². The minimum absolute atomic E-state index is 0.00341. The first-order valence-electron chi connectivity index (χ1n) is 8.00. The Morgan fingerprint density at radius 3 is 2.76 bits per heavy atom. The lowest BCUT2D eigenvalue weighted by Crippen LogP contribution is -2.21. The third-order valence-electron chi connectivity index (χ3n) is 3.72. The van der Waals surface area contributed by atoms with Crippen molar-refractivity contribution in [2.75, 3.05) is 14.1 Å². The van der Waals surface area contributed by atoms with Gasteiger partial charge in [-0.05, 0) is 36.8 Å². The summed E-state index contributed by atoms with van der Waals surface area (Å²) < 4.78 is 7.45. The number of carbonyl (C=O) groups is 1. The van der Waals surface area contributed by atoms with Gasteiger partial charge in [-0.25, -0.2) is 0 Å². The highest BCUT2D eigenvalue weighted by molar-refractivity contribution is 7.98. The van der Waals surface area contributed by atoms with Gasteiger partial charge in [-0.1, -0.05) is 23.9 Å². The number of hydrogen-bond donors (Lipinski definition) is 0. The average Bonchev–Trinajstić information content (AvgIpc) is 3.28. The van der Waals surface area contributed by atoms with E-state index in [-0.39, 0.29) is 5.91 Å². The summed E-state index contributed by atoms with van der Waals surface area (Å²) in [6, 6.07) is 11.4. The standard InChI is InChI=1S/C18H20N4O2S/c1-4-22-16(15-9-6-10-24-15)19-20-18(22)25-12-13-7-5-8-14(11-13)17(23)21(2)3/h5-11H,4,12H2,1-3H3. The van der Waals surface area contributed by atoms with Crippen LogP contribution < -0.4 is 0 Å². The fourth-order valence-corrected chi connectivity index (χ4v) is 3.41. The van der Waals surface area contributed by atoms with E-state index in [1.165, 1.54) is 0 Å². The molecule has 25 heavy (non-hydrogen) atoms. The molecule has 1 aromatic carbocycles. The van der Waals surface area contributed by atoms with Crippen LogP contribution in [0.15, 0.2) is 52.2 Å². The first kappa shape index (κ1) is 17.3. The van der Waals surface area contributed by atoms with Crippen LogP contribution in [0.1, 0.15) is 22.8 Å². The quantitative estimate of drug-likeness (QED) is 0.632. The Morgan fingerprint density at radius 1 is 1.24 bits per heavy atom. The monoisotopic (exact) mass is 356 g/mol. The molecular weight excluding hydrogens is 336 g/mol. The minimum Gasteiger partial charge on any atom is -0.461 e. The molecule has 6 nitrogen and oxygen atoms in total. The molecule has 0 aliphatic carbocycles. The highest BCUT2D eigenvalue weighted by Crippen LogP contribution is 2.26. The van der Waals surface area contributed by atoms with Crippen LogP contribution in [0.25, 0.3) is 11.6 Å². The summed E-state index contributed by atoms with van der Waals surface area (Å²) in [7, 11) is 3.51. The van der Waals surface area contributed by atoms with Gasteiger partial charge >= 0.3 is 0 Å². The van der Waals surface area contributed by atoms with Crippen LogP contribution in [0.2, 0.25) is 0 Å². The smallest absolute Gasteiger partial charge is 0.253 e. The van der Waals surface area contributed by atoms with Crippen molar-refractivity contribution in [1.29, 1.82) is 0 Å². The summed E-state index contributed by atoms with van der Waals surface area (Å²) in [5.41, 5.74) is 1.76. The van der Waals surface area contributed by atoms with Gasteiger partial charge in [0.05, 0.1) is 6.26 Å². The number of hydrogen-bond acceptors (Lipinski definition) is 5. The van der Waals surface area contributed by atoms with Crippen molar-refractivity contribution in [2.24, 2.45) is 0 Å². The molecule has 0 saturated carbocycles. The van der Waals surface area contributed by atoms with Gasteiger partial charge in [0.1, 0.15) is 0 Å². The van der Waals surface area contributed by atoms with Crippen molar-refractivity contribution in [1.82, 2.24) is 19.7 Å². The molecule has 0 radical (unpaired) electrons. The Kier molecular flexibility index (Phi) is 5.23. The van der Waals surface area contributed by atoms with Gasteiger partial charge in [-0.2, -0.15) is 0 Å². The zero-order chi connectivity index (χ0) is 17.8. The number of aromatic nitrogens is 3. The van der Waals surface area contributed by atoms with Crippen molar-refractivity contribution in [3.05, 3.63) is 53.8 Å². The molecule has 0 spiro atoms. The number of furan rings is 1. The van der Waals surface area contributed by atoms with Crippen LogP contribution in [-0.4, -0.2) is 39.7 Å². The topological polar surface area (TPSA) is 64.2 Å². The largest absolute Gasteiger partial charge is 0.461 e. The Bertz CT molecular complexity index is 856. The number of nitrogens with zero attached hydrogens (tertiary/aromatic N) is 4. The number of thioether (sulfide) groups is 1. The summed E-state index contributed by atoms with van der Waals surface area (Å²) in [5, 5.41) is 9.36. The van der Waals surface area contributed by atoms with Gasteiger partial charge < -0.3 is 9.32 Å². The van der Waals surface area contributed by atoms with Crippen LogP contribution >= 0.6 is 11.8 Å². The summed E-state index contributed by atoms with van der Waals surface area (Å²) in [6.07, 6.45) is 1.63. The van der Waals surface area contributed by atoms with E-state index in [0.29, 0.717) is 17.1 Å². The van der Waals surface area contributed by atoms with Crippen LogP contribution in [0.4, 0.5) is 0 Å². The molecule has 3 rings (SSSR count). The van der Waals surface area contributed by atoms with Crippen LogP contribution in [0.5, 0.6) is 0 Å². The lowest BCUT2D eigenvalue weighted by molar-refractivity contribution is 0.0827. The maximum Gasteiger partial charge on any atom is 0.253 e. The normalized spacial score (nSPS) is 10.8. The SMILES string of the molecule is CCn1c(SCc2cccc(C(=O)N(C)C)c2)nnc1-c1ccco1. The van der Waals surface area contributed by atoms with Gasteiger partial charge in [-0.15, -0.1) is 10.2 Å². The van der Waals surface area contributed by atoms with Gasteiger partial charge in [0.2, 0.25) is 0 Å². The van der Waals surface area contributed by atoms with Gasteiger partial charge in [0.25, 0.3) is 5.91 Å². The third kappa shape index (κ3) is 3.76. The molecule has 0 fully saturated rings. The van der Waals surface area contributed by atoms with E-state index >= 15 is 0 Å². The van der Waals surface area contributed by atoms with Gasteiger partial charge in [0, 0.05) is 32.0 Å². The van der Waals surface area contributed by atoms with E-state index in [9.17, 15) is 4.79 Å². The van der Waals surface area contributed by atoms with E-state index in [1.54, 1.807) is 37.0 Å². The molecular formula is C18H20N4O2S. The summed E-state index contributed by atoms with van der Waals surface area (Å²) in [6.45, 7) is 2.81. The molecule has 2 heterocycles. The zero-order valence-corrected chi connectivity index (χ0v) is 15.3. The first-order valence-corrected chi connectivity index (χ1v) is 8.99. The highest BCUT2D eigenvalue weighted by Gasteiger charge is 2.15. The molecule has 130 valence electrons. The molecule has 0 saturated heterocycles. The second-order valence-electron chi connectivity index (χ2n) is 5.72. The van der Waals surface area contributed by atoms with E-state index in [1.807, 2.05) is 41.0 Å². The van der Waals surface area contributed by atoms with Crippen molar-refractivity contribution in [3.8, 4) is 11.6 Å². The van der Waals surface area contributed by atoms with E-state index in [0.717, 1.165) is 23.1 Å². The first-order chi connectivity index (χ1) is 12.1. The summed E-state index contributed by atoms with van der Waals surface area (Å²) >= 11 is 1.59. The predicted molar refractivity (Wildman–Crippen MR) is 97.4 cm³/mol. The molecule has 0 atom stereocenters. The van der Waals surface area contributed by atoms with E-state index in [4.69, 9.17) is 4.42 Å². The fourth-order valence-electron chi connectivity index (χ4n) is 2.47. The number of rotatable bonds is 6. The van der Waals surface area contributed by atoms with Crippen LogP contribution in [0, 0.1) is 0 Å².